The molecule has 0 saturated carbocycles. The molecule has 13 heteroatoms. The summed E-state index contributed by atoms with van der Waals surface area (Å²) in [7, 11) is -7.87. The van der Waals surface area contributed by atoms with Crippen LogP contribution in [0.15, 0.2) is 71.6 Å². The topological polar surface area (TPSA) is 185 Å². The van der Waals surface area contributed by atoms with Gasteiger partial charge >= 0.3 is 0 Å². The number of benzene rings is 3. The highest BCUT2D eigenvalue weighted by molar-refractivity contribution is 7.89. The highest BCUT2D eigenvalue weighted by Gasteiger charge is 2.23. The van der Waals surface area contributed by atoms with E-state index in [0.29, 0.717) is 16.7 Å². The predicted octanol–water partition coefficient (Wildman–Crippen LogP) is 1.52. The number of amides is 1. The lowest BCUT2D eigenvalue weighted by atomic mass is 10.0. The summed E-state index contributed by atoms with van der Waals surface area (Å²) >= 11 is 0. The number of primary sulfonamides is 1. The van der Waals surface area contributed by atoms with Crippen molar-refractivity contribution in [2.24, 2.45) is 10.9 Å². The molecular weight excluding hydrogens is 509 g/mol. The fourth-order valence-corrected chi connectivity index (χ4v) is 4.93. The minimum absolute atomic E-state index is 0.0148. The van der Waals surface area contributed by atoms with Crippen LogP contribution in [0.5, 0.6) is 0 Å². The average Bonchev–Trinajstić information content (AvgIpc) is 2.77. The van der Waals surface area contributed by atoms with Crippen LogP contribution in [-0.2, 0) is 31.3 Å². The Morgan fingerprint density at radius 1 is 1.03 bits per heavy atom. The summed E-state index contributed by atoms with van der Waals surface area (Å²) in [6.45, 7) is 0. The Morgan fingerprint density at radius 3 is 2.28 bits per heavy atom. The molecule has 0 bridgehead atoms. The van der Waals surface area contributed by atoms with Crippen molar-refractivity contribution in [1.82, 2.24) is 4.72 Å². The Balaban J connectivity index is 1.85. The van der Waals surface area contributed by atoms with Crippen LogP contribution in [0, 0.1) is 11.2 Å². The molecule has 3 rings (SSSR count). The normalized spacial score (nSPS) is 12.6. The Hall–Kier alpha value is -3.65. The second-order valence-electron chi connectivity index (χ2n) is 8.01. The zero-order valence-corrected chi connectivity index (χ0v) is 20.7. The van der Waals surface area contributed by atoms with E-state index in [0.717, 1.165) is 24.5 Å². The maximum absolute atomic E-state index is 13.8. The summed E-state index contributed by atoms with van der Waals surface area (Å²) in [5.41, 5.74) is 7.19. The smallest absolute Gasteiger partial charge is 0.242 e. The van der Waals surface area contributed by atoms with Crippen molar-refractivity contribution < 1.29 is 26.0 Å². The van der Waals surface area contributed by atoms with E-state index in [2.05, 4.69) is 10.0 Å². The number of hydrogen-bond donors (Lipinski definition) is 5. The van der Waals surface area contributed by atoms with E-state index in [1.807, 2.05) is 0 Å². The monoisotopic (exact) mass is 533 g/mol. The van der Waals surface area contributed by atoms with Crippen LogP contribution in [0.25, 0.3) is 11.1 Å². The fourth-order valence-electron chi connectivity index (χ4n) is 3.49. The molecule has 1 amide bonds. The van der Waals surface area contributed by atoms with Crippen LogP contribution in [0.2, 0.25) is 0 Å². The van der Waals surface area contributed by atoms with Crippen molar-refractivity contribution >= 4 is 37.5 Å². The van der Waals surface area contributed by atoms with Gasteiger partial charge < -0.3 is 11.1 Å². The molecule has 0 fully saturated rings. The molecule has 36 heavy (non-hydrogen) atoms. The first-order valence-electron chi connectivity index (χ1n) is 10.4. The number of rotatable bonds is 9. The maximum atomic E-state index is 13.8. The Bertz CT molecular complexity index is 1520. The molecule has 0 radical (unpaired) electrons. The molecule has 7 N–H and O–H groups in total. The third kappa shape index (κ3) is 7.18. The van der Waals surface area contributed by atoms with E-state index in [-0.39, 0.29) is 28.4 Å². The van der Waals surface area contributed by atoms with Crippen molar-refractivity contribution in [3.05, 3.63) is 83.7 Å². The van der Waals surface area contributed by atoms with Crippen LogP contribution >= 0.6 is 0 Å². The minimum Gasteiger partial charge on any atom is -0.384 e. The third-order valence-corrected chi connectivity index (χ3v) is 6.74. The number of halogens is 1. The van der Waals surface area contributed by atoms with Crippen LogP contribution in [-0.4, -0.2) is 40.9 Å². The molecule has 0 aromatic heterocycles. The minimum atomic E-state index is -4.12. The van der Waals surface area contributed by atoms with Gasteiger partial charge in [0.05, 0.1) is 11.2 Å². The Kier molecular flexibility index (Phi) is 7.89. The van der Waals surface area contributed by atoms with Gasteiger partial charge in [0, 0.05) is 16.8 Å². The predicted molar refractivity (Wildman–Crippen MR) is 135 cm³/mol. The first-order valence-corrected chi connectivity index (χ1v) is 13.8. The summed E-state index contributed by atoms with van der Waals surface area (Å²) in [4.78, 5) is 12.7. The van der Waals surface area contributed by atoms with Gasteiger partial charge in [-0.3, -0.25) is 10.2 Å². The van der Waals surface area contributed by atoms with Crippen molar-refractivity contribution in [3.63, 3.8) is 0 Å². The van der Waals surface area contributed by atoms with Crippen molar-refractivity contribution in [3.8, 4) is 11.1 Å². The lowest BCUT2D eigenvalue weighted by Gasteiger charge is -2.18. The van der Waals surface area contributed by atoms with Crippen molar-refractivity contribution in [2.45, 2.75) is 17.4 Å². The van der Waals surface area contributed by atoms with Gasteiger partial charge in [-0.2, -0.15) is 0 Å². The Morgan fingerprint density at radius 2 is 1.69 bits per heavy atom. The second-order valence-corrected chi connectivity index (χ2v) is 11.3. The summed E-state index contributed by atoms with van der Waals surface area (Å²) in [5, 5.41) is 15.4. The number of hydrogen-bond acceptors (Lipinski definition) is 6. The van der Waals surface area contributed by atoms with Gasteiger partial charge in [0.2, 0.25) is 26.0 Å². The number of carbonyl (C=O) groups excluding carboxylic acids is 1. The molecule has 0 aliphatic heterocycles. The fraction of sp³-hybridized carbons (Fsp3) is 0.130. The SMILES string of the molecule is CS(=O)(=O)N[C@@H](Cc1cccc(C(=N)N)c1)C(=O)Nc1ccc(-c2cc(F)ccc2S(N)(=O)=O)cc1. The molecule has 1 atom stereocenters. The summed E-state index contributed by atoms with van der Waals surface area (Å²) in [6.07, 6.45) is 0.912. The largest absolute Gasteiger partial charge is 0.384 e. The average molecular weight is 534 g/mol. The number of amidine groups is 1. The van der Waals surface area contributed by atoms with Gasteiger partial charge in [-0.15, -0.1) is 0 Å². The van der Waals surface area contributed by atoms with Crippen molar-refractivity contribution in [2.75, 3.05) is 11.6 Å². The van der Waals surface area contributed by atoms with E-state index >= 15 is 0 Å². The number of anilines is 1. The quantitative estimate of drug-likeness (QED) is 0.205. The number of nitrogens with one attached hydrogen (secondary N) is 3. The van der Waals surface area contributed by atoms with Crippen molar-refractivity contribution in [1.29, 1.82) is 5.41 Å². The van der Waals surface area contributed by atoms with Gasteiger partial charge in [0.15, 0.2) is 0 Å². The molecule has 0 saturated heterocycles. The van der Waals surface area contributed by atoms with Crippen LogP contribution < -0.4 is 20.9 Å². The number of carbonyl (C=O) groups is 1. The first kappa shape index (κ1) is 26.9. The molecule has 0 aliphatic carbocycles. The highest BCUT2D eigenvalue weighted by atomic mass is 32.2. The third-order valence-electron chi connectivity index (χ3n) is 5.06. The molecule has 3 aromatic carbocycles. The number of sulfonamides is 2. The van der Waals surface area contributed by atoms with Gasteiger partial charge in [-0.25, -0.2) is 31.1 Å². The molecule has 3 aromatic rings. The lowest BCUT2D eigenvalue weighted by molar-refractivity contribution is -0.117. The molecule has 0 heterocycles. The summed E-state index contributed by atoms with van der Waals surface area (Å²) in [6, 6.07) is 14.3. The highest BCUT2D eigenvalue weighted by Crippen LogP contribution is 2.28. The molecule has 0 aliphatic rings. The van der Waals surface area contributed by atoms with Crippen LogP contribution in [0.3, 0.4) is 0 Å². The molecule has 10 nitrogen and oxygen atoms in total. The number of nitrogens with two attached hydrogens (primary N) is 2. The number of nitrogen functional groups attached to an aromatic ring is 1. The zero-order valence-electron chi connectivity index (χ0n) is 19.0. The van der Waals surface area contributed by atoms with E-state index in [1.165, 1.54) is 24.3 Å². The molecular formula is C23H24FN5O5S2. The Labute approximate surface area is 208 Å². The molecule has 0 unspecified atom stereocenters. The van der Waals surface area contributed by atoms with Gasteiger partial charge in [0.1, 0.15) is 17.7 Å². The zero-order chi connectivity index (χ0) is 26.7. The van der Waals surface area contributed by atoms with E-state index in [4.69, 9.17) is 16.3 Å². The summed E-state index contributed by atoms with van der Waals surface area (Å²) < 4.78 is 63.6. The maximum Gasteiger partial charge on any atom is 0.242 e. The van der Waals surface area contributed by atoms with Gasteiger partial charge in [-0.05, 0) is 53.9 Å². The summed E-state index contributed by atoms with van der Waals surface area (Å²) in [5.74, 6) is -1.48. The van der Waals surface area contributed by atoms with E-state index < -0.39 is 37.8 Å². The molecule has 190 valence electrons. The van der Waals surface area contributed by atoms with Gasteiger partial charge in [-0.1, -0.05) is 30.3 Å². The second kappa shape index (κ2) is 10.5. The molecule has 0 spiro atoms. The van der Waals surface area contributed by atoms with Crippen LogP contribution in [0.1, 0.15) is 11.1 Å². The first-order chi connectivity index (χ1) is 16.7. The van der Waals surface area contributed by atoms with Gasteiger partial charge in [0.25, 0.3) is 0 Å². The van der Waals surface area contributed by atoms with E-state index in [1.54, 1.807) is 24.3 Å². The van der Waals surface area contributed by atoms with Crippen LogP contribution in [0.4, 0.5) is 10.1 Å². The lowest BCUT2D eigenvalue weighted by Crippen LogP contribution is -2.44. The van der Waals surface area contributed by atoms with E-state index in [9.17, 15) is 26.0 Å². The standard InChI is InChI=1S/C23H24FN5O5S2/c1-35(31,32)29-20(12-14-3-2-4-16(11-14)22(25)26)23(30)28-18-8-5-15(6-9-18)19-13-17(24)7-10-21(19)36(27,33)34/h2-11,13,20,29H,12H2,1H3,(H3,25,26)(H,28,30)(H2,27,33,34)/t20-/m0/s1.